The van der Waals surface area contributed by atoms with Gasteiger partial charge in [0, 0.05) is 26.3 Å². The van der Waals surface area contributed by atoms with E-state index >= 15 is 0 Å². The minimum absolute atomic E-state index is 0.0242. The lowest BCUT2D eigenvalue weighted by Crippen LogP contribution is -2.44. The Balaban J connectivity index is 1.49. The van der Waals surface area contributed by atoms with Gasteiger partial charge >= 0.3 is 0 Å². The van der Waals surface area contributed by atoms with Gasteiger partial charge in [-0.2, -0.15) is 0 Å². The summed E-state index contributed by atoms with van der Waals surface area (Å²) in [5, 5.41) is 3.85. The van der Waals surface area contributed by atoms with Crippen LogP contribution in [0.1, 0.15) is 18.4 Å². The molecule has 2 saturated heterocycles. The molecule has 27 heavy (non-hydrogen) atoms. The largest absolute Gasteiger partial charge is 0.380 e. The highest BCUT2D eigenvalue weighted by atomic mass is 16.5. The molecule has 0 unspecified atom stereocenters. The summed E-state index contributed by atoms with van der Waals surface area (Å²) in [6, 6.07) is 1.80. The Kier molecular flexibility index (Phi) is 4.55. The average molecular weight is 375 g/mol. The van der Waals surface area contributed by atoms with E-state index in [1.54, 1.807) is 22.9 Å². The van der Waals surface area contributed by atoms with Crippen molar-refractivity contribution in [3.63, 3.8) is 0 Å². The molecule has 0 radical (unpaired) electrons. The number of rotatable bonds is 7. The predicted octanol–water partition coefficient (Wildman–Crippen LogP) is 0.760. The number of carbonyl (C=O) groups excluding carboxylic acids is 2. The minimum atomic E-state index is -0.683. The molecule has 0 N–H and O–H groups in total. The normalized spacial score (nSPS) is 31.0. The molecular weight excluding hydrogens is 350 g/mol. The number of fused-ring (bicyclic) bond motifs is 1. The van der Waals surface area contributed by atoms with E-state index in [9.17, 15) is 9.59 Å². The molecule has 1 aromatic heterocycles. The number of amides is 2. The fourth-order valence-corrected chi connectivity index (χ4v) is 4.43. The van der Waals surface area contributed by atoms with Crippen LogP contribution in [0.25, 0.3) is 0 Å². The van der Waals surface area contributed by atoms with Crippen LogP contribution in [0.5, 0.6) is 0 Å². The molecule has 4 rings (SSSR count). The van der Waals surface area contributed by atoms with E-state index in [0.717, 1.165) is 5.69 Å². The van der Waals surface area contributed by atoms with Crippen LogP contribution < -0.4 is 0 Å². The SMILES string of the molecule is CCOCCN1C[C@]23C=C[C@H](O2)[C@H](C(=O)N(C)Cc2cc(C)no2)[C@H]3C1=O. The third-order valence-corrected chi connectivity index (χ3v) is 5.62. The second-order valence-electron chi connectivity index (χ2n) is 7.49. The minimum Gasteiger partial charge on any atom is -0.380 e. The van der Waals surface area contributed by atoms with Crippen LogP contribution in [0.15, 0.2) is 22.7 Å². The van der Waals surface area contributed by atoms with Gasteiger partial charge in [-0.25, -0.2) is 0 Å². The van der Waals surface area contributed by atoms with Crippen molar-refractivity contribution in [2.24, 2.45) is 11.8 Å². The first-order chi connectivity index (χ1) is 12.9. The highest BCUT2D eigenvalue weighted by Gasteiger charge is 2.67. The molecule has 0 saturated carbocycles. The number of carbonyl (C=O) groups is 2. The molecule has 4 atom stereocenters. The van der Waals surface area contributed by atoms with Crippen LogP contribution in [0, 0.1) is 18.8 Å². The van der Waals surface area contributed by atoms with Crippen LogP contribution in [0.2, 0.25) is 0 Å². The molecule has 2 amide bonds. The molecule has 3 aliphatic heterocycles. The zero-order valence-electron chi connectivity index (χ0n) is 15.9. The molecule has 2 bridgehead atoms. The summed E-state index contributed by atoms with van der Waals surface area (Å²) >= 11 is 0. The van der Waals surface area contributed by atoms with Gasteiger partial charge in [0.15, 0.2) is 5.76 Å². The van der Waals surface area contributed by atoms with Crippen LogP contribution in [0.4, 0.5) is 0 Å². The van der Waals surface area contributed by atoms with E-state index in [0.29, 0.717) is 38.6 Å². The quantitative estimate of drug-likeness (QED) is 0.517. The van der Waals surface area contributed by atoms with Gasteiger partial charge in [-0.3, -0.25) is 9.59 Å². The first-order valence-electron chi connectivity index (χ1n) is 9.36. The third kappa shape index (κ3) is 2.96. The van der Waals surface area contributed by atoms with Gasteiger partial charge in [0.05, 0.1) is 43.3 Å². The highest BCUT2D eigenvalue weighted by Crippen LogP contribution is 2.52. The van der Waals surface area contributed by atoms with E-state index < -0.39 is 17.4 Å². The molecule has 146 valence electrons. The Morgan fingerprint density at radius 1 is 1.52 bits per heavy atom. The van der Waals surface area contributed by atoms with Crippen molar-refractivity contribution in [3.8, 4) is 0 Å². The summed E-state index contributed by atoms with van der Waals surface area (Å²) in [5.74, 6) is -0.489. The number of hydrogen-bond donors (Lipinski definition) is 0. The van der Waals surface area contributed by atoms with Crippen molar-refractivity contribution in [1.29, 1.82) is 0 Å². The van der Waals surface area contributed by atoms with Crippen LogP contribution >= 0.6 is 0 Å². The number of nitrogens with zero attached hydrogens (tertiary/aromatic N) is 3. The summed E-state index contributed by atoms with van der Waals surface area (Å²) in [7, 11) is 1.72. The fraction of sp³-hybridized carbons (Fsp3) is 0.632. The number of aromatic nitrogens is 1. The van der Waals surface area contributed by atoms with Crippen molar-refractivity contribution >= 4 is 11.8 Å². The average Bonchev–Trinajstić information content (AvgIpc) is 3.37. The molecule has 4 heterocycles. The fourth-order valence-electron chi connectivity index (χ4n) is 4.43. The van der Waals surface area contributed by atoms with Gasteiger partial charge in [0.25, 0.3) is 0 Å². The number of hydrogen-bond acceptors (Lipinski definition) is 6. The number of aryl methyl sites for hydroxylation is 1. The molecular formula is C19H25N3O5. The highest BCUT2D eigenvalue weighted by molar-refractivity contribution is 5.93. The molecule has 1 aromatic rings. The Bertz CT molecular complexity index is 775. The molecule has 0 aliphatic carbocycles. The van der Waals surface area contributed by atoms with Gasteiger partial charge in [-0.1, -0.05) is 17.3 Å². The lowest BCUT2D eigenvalue weighted by Gasteiger charge is -2.27. The maximum atomic E-state index is 13.2. The zero-order chi connectivity index (χ0) is 19.2. The molecule has 8 nitrogen and oxygen atoms in total. The Morgan fingerprint density at radius 2 is 2.33 bits per heavy atom. The lowest BCUT2D eigenvalue weighted by atomic mass is 9.76. The van der Waals surface area contributed by atoms with Crippen molar-refractivity contribution in [3.05, 3.63) is 29.7 Å². The Morgan fingerprint density at radius 3 is 3.04 bits per heavy atom. The summed E-state index contributed by atoms with van der Waals surface area (Å²) < 4.78 is 16.7. The Hall–Kier alpha value is -2.19. The third-order valence-electron chi connectivity index (χ3n) is 5.62. The first-order valence-corrected chi connectivity index (χ1v) is 9.36. The summed E-state index contributed by atoms with van der Waals surface area (Å²) in [6.07, 6.45) is 3.54. The van der Waals surface area contributed by atoms with Crippen molar-refractivity contribution < 1.29 is 23.6 Å². The number of ether oxygens (including phenoxy) is 2. The summed E-state index contributed by atoms with van der Waals surface area (Å²) in [4.78, 5) is 29.5. The molecule has 8 heteroatoms. The van der Waals surface area contributed by atoms with Gasteiger partial charge in [-0.15, -0.1) is 0 Å². The smallest absolute Gasteiger partial charge is 0.230 e. The van der Waals surface area contributed by atoms with Crippen LogP contribution in [0.3, 0.4) is 0 Å². The molecule has 2 fully saturated rings. The van der Waals surface area contributed by atoms with E-state index in [2.05, 4.69) is 5.16 Å². The van der Waals surface area contributed by atoms with Crippen LogP contribution in [-0.4, -0.2) is 71.8 Å². The topological polar surface area (TPSA) is 85.1 Å². The summed E-state index contributed by atoms with van der Waals surface area (Å²) in [5.41, 5.74) is 0.0877. The van der Waals surface area contributed by atoms with E-state index in [-0.39, 0.29) is 17.9 Å². The van der Waals surface area contributed by atoms with Gasteiger partial charge in [0.2, 0.25) is 11.8 Å². The van der Waals surface area contributed by atoms with Crippen molar-refractivity contribution in [1.82, 2.24) is 15.0 Å². The van der Waals surface area contributed by atoms with Crippen molar-refractivity contribution in [2.75, 3.05) is 33.4 Å². The molecule has 1 spiro atoms. The second kappa shape index (κ2) is 6.76. The summed E-state index contributed by atoms with van der Waals surface area (Å²) in [6.45, 7) is 6.17. The van der Waals surface area contributed by atoms with Gasteiger partial charge in [0.1, 0.15) is 5.60 Å². The second-order valence-corrected chi connectivity index (χ2v) is 7.49. The predicted molar refractivity (Wildman–Crippen MR) is 94.5 cm³/mol. The van der Waals surface area contributed by atoms with Gasteiger partial charge < -0.3 is 23.8 Å². The van der Waals surface area contributed by atoms with E-state index in [1.165, 1.54) is 0 Å². The molecule has 3 aliphatic rings. The maximum Gasteiger partial charge on any atom is 0.230 e. The number of likely N-dealkylation sites (tertiary alicyclic amines) is 1. The molecule has 0 aromatic carbocycles. The standard InChI is InChI=1S/C19H25N3O5/c1-4-25-8-7-22-11-19-6-5-14(26-19)15(16(19)18(22)24)17(23)21(3)10-13-9-12(2)20-27-13/h5-6,9,14-16H,4,7-8,10-11H2,1-3H3/t14-,15-,16-,19-/m0/s1. The zero-order valence-corrected chi connectivity index (χ0v) is 15.9. The Labute approximate surface area is 158 Å². The maximum absolute atomic E-state index is 13.2. The first kappa shape index (κ1) is 18.2. The monoisotopic (exact) mass is 375 g/mol. The van der Waals surface area contributed by atoms with Gasteiger partial charge in [-0.05, 0) is 13.8 Å². The lowest BCUT2D eigenvalue weighted by molar-refractivity contribution is -0.143. The van der Waals surface area contributed by atoms with Crippen molar-refractivity contribution in [2.45, 2.75) is 32.1 Å². The van der Waals surface area contributed by atoms with E-state index in [4.69, 9.17) is 14.0 Å². The van der Waals surface area contributed by atoms with Crippen LogP contribution in [-0.2, 0) is 25.6 Å². The van der Waals surface area contributed by atoms with E-state index in [1.807, 2.05) is 26.0 Å².